The Labute approximate surface area is 151 Å². The van der Waals surface area contributed by atoms with Gasteiger partial charge in [0, 0.05) is 11.1 Å². The number of nitrogens with one attached hydrogen (secondary N) is 1. The van der Waals surface area contributed by atoms with Crippen LogP contribution in [0, 0.1) is 0 Å². The van der Waals surface area contributed by atoms with Crippen molar-refractivity contribution in [3.63, 3.8) is 0 Å². The van der Waals surface area contributed by atoms with Gasteiger partial charge in [-0.1, -0.05) is 36.0 Å². The molecule has 25 heavy (non-hydrogen) atoms. The molecule has 3 aromatic rings. The maximum absolute atomic E-state index is 12.6. The minimum atomic E-state index is -0.244. The van der Waals surface area contributed by atoms with Crippen LogP contribution in [0.25, 0.3) is 10.9 Å². The van der Waals surface area contributed by atoms with Crippen LogP contribution in [0.15, 0.2) is 53.8 Å². The number of hydrogen-bond donors (Lipinski definition) is 1. The molecule has 1 atom stereocenters. The zero-order valence-electron chi connectivity index (χ0n) is 14.0. The van der Waals surface area contributed by atoms with Gasteiger partial charge in [-0.2, -0.15) is 0 Å². The summed E-state index contributed by atoms with van der Waals surface area (Å²) in [7, 11) is 0. The smallest absolute Gasteiger partial charge is 0.237 e. The molecule has 1 heterocycles. The van der Waals surface area contributed by atoms with E-state index < -0.39 is 0 Å². The molecule has 0 spiro atoms. The SMILES string of the molecule is C[C@H](Sc1ncnc2ccccc12)C(=O)Nc1ccc2c(c1)CCC2. The number of aromatic nitrogens is 2. The van der Waals surface area contributed by atoms with E-state index in [0.29, 0.717) is 0 Å². The maximum Gasteiger partial charge on any atom is 0.237 e. The number of rotatable bonds is 4. The molecule has 0 saturated heterocycles. The summed E-state index contributed by atoms with van der Waals surface area (Å²) in [5, 5.41) is 4.61. The average molecular weight is 349 g/mol. The predicted molar refractivity (Wildman–Crippen MR) is 102 cm³/mol. The number of carbonyl (C=O) groups is 1. The number of fused-ring (bicyclic) bond motifs is 2. The van der Waals surface area contributed by atoms with Crippen LogP contribution in [-0.2, 0) is 17.6 Å². The monoisotopic (exact) mass is 349 g/mol. The van der Waals surface area contributed by atoms with Crippen LogP contribution in [0.3, 0.4) is 0 Å². The first-order chi connectivity index (χ1) is 12.2. The van der Waals surface area contributed by atoms with Crippen LogP contribution in [0.2, 0.25) is 0 Å². The third-order valence-electron chi connectivity index (χ3n) is 4.53. The lowest BCUT2D eigenvalue weighted by molar-refractivity contribution is -0.115. The van der Waals surface area contributed by atoms with Crippen LogP contribution in [-0.4, -0.2) is 21.1 Å². The van der Waals surface area contributed by atoms with Crippen molar-refractivity contribution in [3.8, 4) is 0 Å². The van der Waals surface area contributed by atoms with Gasteiger partial charge in [0.25, 0.3) is 0 Å². The summed E-state index contributed by atoms with van der Waals surface area (Å²) in [4.78, 5) is 21.2. The number of para-hydroxylation sites is 1. The summed E-state index contributed by atoms with van der Waals surface area (Å²) < 4.78 is 0. The molecule has 126 valence electrons. The van der Waals surface area contributed by atoms with E-state index in [9.17, 15) is 4.79 Å². The van der Waals surface area contributed by atoms with Crippen molar-refractivity contribution in [1.82, 2.24) is 9.97 Å². The Morgan fingerprint density at radius 2 is 1.96 bits per heavy atom. The number of amides is 1. The van der Waals surface area contributed by atoms with Crippen molar-refractivity contribution in [2.45, 2.75) is 36.5 Å². The van der Waals surface area contributed by atoms with Crippen LogP contribution in [0.5, 0.6) is 0 Å². The molecule has 1 aromatic heterocycles. The fourth-order valence-corrected chi connectivity index (χ4v) is 4.10. The Bertz CT molecular complexity index is 936. The number of benzene rings is 2. The van der Waals surface area contributed by atoms with E-state index in [1.165, 1.54) is 29.3 Å². The van der Waals surface area contributed by atoms with E-state index in [1.807, 2.05) is 37.3 Å². The van der Waals surface area contributed by atoms with E-state index in [1.54, 1.807) is 6.33 Å². The van der Waals surface area contributed by atoms with Crippen molar-refractivity contribution in [3.05, 3.63) is 59.9 Å². The number of thioether (sulfide) groups is 1. The quantitative estimate of drug-likeness (QED) is 0.565. The Hall–Kier alpha value is -2.40. The first-order valence-electron chi connectivity index (χ1n) is 8.50. The van der Waals surface area contributed by atoms with E-state index in [0.717, 1.165) is 34.5 Å². The number of carbonyl (C=O) groups excluding carboxylic acids is 1. The van der Waals surface area contributed by atoms with Gasteiger partial charge in [0.05, 0.1) is 10.8 Å². The molecule has 4 nitrogen and oxygen atoms in total. The molecule has 4 rings (SSSR count). The molecule has 1 aliphatic rings. The number of nitrogens with zero attached hydrogens (tertiary/aromatic N) is 2. The highest BCUT2D eigenvalue weighted by molar-refractivity contribution is 8.00. The molecule has 0 bridgehead atoms. The second kappa shape index (κ2) is 6.84. The molecule has 0 saturated carbocycles. The second-order valence-electron chi connectivity index (χ2n) is 6.28. The first-order valence-corrected chi connectivity index (χ1v) is 9.38. The molecular weight excluding hydrogens is 330 g/mol. The molecule has 0 unspecified atom stereocenters. The third kappa shape index (κ3) is 3.37. The predicted octanol–water partition coefficient (Wildman–Crippen LogP) is 4.24. The van der Waals surface area contributed by atoms with Crippen molar-refractivity contribution < 1.29 is 4.79 Å². The third-order valence-corrected chi connectivity index (χ3v) is 5.65. The van der Waals surface area contributed by atoms with Crippen molar-refractivity contribution in [2.24, 2.45) is 0 Å². The standard InChI is InChI=1S/C20H19N3OS/c1-13(25-20-17-7-2-3-8-18(17)21-12-22-20)19(24)23-16-10-9-14-5-4-6-15(14)11-16/h2-3,7-13H,4-6H2,1H3,(H,23,24)/t13-/m0/s1. The normalized spacial score (nSPS) is 14.3. The molecule has 0 fully saturated rings. The van der Waals surface area contributed by atoms with Crippen LogP contribution < -0.4 is 5.32 Å². The Morgan fingerprint density at radius 3 is 2.88 bits per heavy atom. The maximum atomic E-state index is 12.6. The number of anilines is 1. The summed E-state index contributed by atoms with van der Waals surface area (Å²) in [6, 6.07) is 14.1. The Balaban J connectivity index is 1.48. The van der Waals surface area contributed by atoms with E-state index in [2.05, 4.69) is 27.4 Å². The largest absolute Gasteiger partial charge is 0.325 e. The van der Waals surface area contributed by atoms with Gasteiger partial charge in [-0.05, 0) is 55.5 Å². The fraction of sp³-hybridized carbons (Fsp3) is 0.250. The summed E-state index contributed by atoms with van der Waals surface area (Å²) in [6.45, 7) is 1.91. The number of hydrogen-bond acceptors (Lipinski definition) is 4. The van der Waals surface area contributed by atoms with Crippen LogP contribution >= 0.6 is 11.8 Å². The van der Waals surface area contributed by atoms with Crippen molar-refractivity contribution in [2.75, 3.05) is 5.32 Å². The molecular formula is C20H19N3OS. The minimum Gasteiger partial charge on any atom is -0.325 e. The van der Waals surface area contributed by atoms with Gasteiger partial charge in [-0.3, -0.25) is 4.79 Å². The molecule has 1 amide bonds. The average Bonchev–Trinajstić information content (AvgIpc) is 3.10. The van der Waals surface area contributed by atoms with Gasteiger partial charge in [0.2, 0.25) is 5.91 Å². The summed E-state index contributed by atoms with van der Waals surface area (Å²) in [5.74, 6) is -0.00867. The van der Waals surface area contributed by atoms with Crippen LogP contribution in [0.4, 0.5) is 5.69 Å². The van der Waals surface area contributed by atoms with Gasteiger partial charge < -0.3 is 5.32 Å². The first kappa shape index (κ1) is 16.1. The second-order valence-corrected chi connectivity index (χ2v) is 7.61. The van der Waals surface area contributed by atoms with E-state index >= 15 is 0 Å². The highest BCUT2D eigenvalue weighted by Crippen LogP contribution is 2.29. The highest BCUT2D eigenvalue weighted by Gasteiger charge is 2.18. The van der Waals surface area contributed by atoms with Crippen molar-refractivity contribution in [1.29, 1.82) is 0 Å². The van der Waals surface area contributed by atoms with E-state index in [4.69, 9.17) is 0 Å². The zero-order chi connectivity index (χ0) is 17.2. The lowest BCUT2D eigenvalue weighted by atomic mass is 10.1. The molecule has 5 heteroatoms. The number of aryl methyl sites for hydroxylation is 2. The summed E-state index contributed by atoms with van der Waals surface area (Å²) in [5.41, 5.74) is 4.55. The lowest BCUT2D eigenvalue weighted by Gasteiger charge is -2.13. The van der Waals surface area contributed by atoms with E-state index in [-0.39, 0.29) is 11.2 Å². The summed E-state index contributed by atoms with van der Waals surface area (Å²) >= 11 is 1.46. The van der Waals surface area contributed by atoms with Gasteiger partial charge in [-0.15, -0.1) is 0 Å². The molecule has 2 aromatic carbocycles. The van der Waals surface area contributed by atoms with Gasteiger partial charge in [-0.25, -0.2) is 9.97 Å². The van der Waals surface area contributed by atoms with Gasteiger partial charge >= 0.3 is 0 Å². The molecule has 0 radical (unpaired) electrons. The van der Waals surface area contributed by atoms with Crippen molar-refractivity contribution >= 4 is 34.3 Å². The van der Waals surface area contributed by atoms with Gasteiger partial charge in [0.1, 0.15) is 11.4 Å². The minimum absolute atomic E-state index is 0.00867. The fourth-order valence-electron chi connectivity index (χ4n) is 3.19. The topological polar surface area (TPSA) is 54.9 Å². The van der Waals surface area contributed by atoms with Crippen LogP contribution in [0.1, 0.15) is 24.5 Å². The Kier molecular flexibility index (Phi) is 4.40. The highest BCUT2D eigenvalue weighted by atomic mass is 32.2. The molecule has 1 aliphatic carbocycles. The molecule has 0 aliphatic heterocycles. The zero-order valence-corrected chi connectivity index (χ0v) is 14.8. The Morgan fingerprint density at radius 1 is 1.12 bits per heavy atom. The summed E-state index contributed by atoms with van der Waals surface area (Å²) in [6.07, 6.45) is 5.02. The molecule has 1 N–H and O–H groups in total. The lowest BCUT2D eigenvalue weighted by Crippen LogP contribution is -2.22. The van der Waals surface area contributed by atoms with Gasteiger partial charge in [0.15, 0.2) is 0 Å².